The number of nitrogens with one attached hydrogen (secondary N) is 1. The average molecular weight is 245 g/mol. The van der Waals surface area contributed by atoms with Gasteiger partial charge in [0.15, 0.2) is 0 Å². The standard InChI is InChI=1S/C8H20N2O2S.ClH/c1-4-8(5-2,7-9)10-13(11,12)6-3;/h10H,4-7,9H2,1-3H3;1H. The maximum absolute atomic E-state index is 11.3. The lowest BCUT2D eigenvalue weighted by molar-refractivity contribution is 0.363. The van der Waals surface area contributed by atoms with E-state index in [4.69, 9.17) is 5.73 Å². The van der Waals surface area contributed by atoms with Gasteiger partial charge in [-0.2, -0.15) is 0 Å². The van der Waals surface area contributed by atoms with Gasteiger partial charge in [0.25, 0.3) is 0 Å². The highest BCUT2D eigenvalue weighted by molar-refractivity contribution is 7.89. The summed E-state index contributed by atoms with van der Waals surface area (Å²) in [4.78, 5) is 0. The summed E-state index contributed by atoms with van der Waals surface area (Å²) in [6.45, 7) is 5.84. The first kappa shape index (κ1) is 16.6. The third-order valence-corrected chi connectivity index (χ3v) is 4.00. The van der Waals surface area contributed by atoms with Crippen molar-refractivity contribution < 1.29 is 8.42 Å². The number of nitrogens with two attached hydrogens (primary N) is 1. The molecular weight excluding hydrogens is 224 g/mol. The number of rotatable bonds is 6. The van der Waals surface area contributed by atoms with Gasteiger partial charge in [0.2, 0.25) is 10.0 Å². The van der Waals surface area contributed by atoms with E-state index < -0.39 is 15.6 Å². The van der Waals surface area contributed by atoms with Gasteiger partial charge < -0.3 is 5.73 Å². The van der Waals surface area contributed by atoms with E-state index in [1.165, 1.54) is 0 Å². The highest BCUT2D eigenvalue weighted by Gasteiger charge is 2.28. The quantitative estimate of drug-likeness (QED) is 0.728. The highest BCUT2D eigenvalue weighted by atomic mass is 35.5. The molecule has 0 fully saturated rings. The lowest BCUT2D eigenvalue weighted by atomic mass is 9.95. The van der Waals surface area contributed by atoms with Crippen LogP contribution in [0.5, 0.6) is 0 Å². The van der Waals surface area contributed by atoms with E-state index in [2.05, 4.69) is 4.72 Å². The summed E-state index contributed by atoms with van der Waals surface area (Å²) in [6, 6.07) is 0. The molecular formula is C8H21ClN2O2S. The lowest BCUT2D eigenvalue weighted by Crippen LogP contribution is -2.53. The maximum atomic E-state index is 11.3. The predicted octanol–water partition coefficient (Wildman–Crippen LogP) is 0.865. The number of hydrogen-bond donors (Lipinski definition) is 2. The molecule has 14 heavy (non-hydrogen) atoms. The van der Waals surface area contributed by atoms with Gasteiger partial charge in [-0.1, -0.05) is 13.8 Å². The normalized spacial score (nSPS) is 12.3. The Morgan fingerprint density at radius 3 is 1.86 bits per heavy atom. The van der Waals surface area contributed by atoms with Crippen molar-refractivity contribution in [1.82, 2.24) is 4.72 Å². The zero-order chi connectivity index (χ0) is 10.5. The average Bonchev–Trinajstić information content (AvgIpc) is 2.14. The Labute approximate surface area is 93.1 Å². The van der Waals surface area contributed by atoms with E-state index in [0.717, 1.165) is 12.8 Å². The van der Waals surface area contributed by atoms with Crippen LogP contribution in [0.1, 0.15) is 33.6 Å². The third kappa shape index (κ3) is 4.59. The van der Waals surface area contributed by atoms with E-state index in [0.29, 0.717) is 6.54 Å². The molecule has 0 spiro atoms. The summed E-state index contributed by atoms with van der Waals surface area (Å²) in [5.41, 5.74) is 5.11. The first-order valence-electron chi connectivity index (χ1n) is 4.67. The minimum Gasteiger partial charge on any atom is -0.329 e. The Kier molecular flexibility index (Phi) is 7.83. The fourth-order valence-electron chi connectivity index (χ4n) is 1.13. The Morgan fingerprint density at radius 2 is 1.64 bits per heavy atom. The molecule has 4 nitrogen and oxygen atoms in total. The van der Waals surface area contributed by atoms with Crippen LogP contribution in [-0.2, 0) is 10.0 Å². The van der Waals surface area contributed by atoms with Gasteiger partial charge in [-0.25, -0.2) is 13.1 Å². The molecule has 0 unspecified atom stereocenters. The fraction of sp³-hybridized carbons (Fsp3) is 1.00. The molecule has 0 radical (unpaired) electrons. The summed E-state index contributed by atoms with van der Waals surface area (Å²) < 4.78 is 25.3. The molecule has 0 amide bonds. The van der Waals surface area contributed by atoms with E-state index in [1.807, 2.05) is 13.8 Å². The van der Waals surface area contributed by atoms with Crippen LogP contribution in [0, 0.1) is 0 Å². The molecule has 0 aliphatic rings. The van der Waals surface area contributed by atoms with Crippen LogP contribution >= 0.6 is 12.4 Å². The fourth-order valence-corrected chi connectivity index (χ4v) is 2.30. The van der Waals surface area contributed by atoms with Crippen molar-refractivity contribution in [1.29, 1.82) is 0 Å². The molecule has 3 N–H and O–H groups in total. The molecule has 0 saturated carbocycles. The maximum Gasteiger partial charge on any atom is 0.211 e. The minimum absolute atomic E-state index is 0. The number of halogens is 1. The van der Waals surface area contributed by atoms with E-state index in [-0.39, 0.29) is 18.2 Å². The van der Waals surface area contributed by atoms with Crippen LogP contribution in [0.25, 0.3) is 0 Å². The molecule has 6 heteroatoms. The summed E-state index contributed by atoms with van der Waals surface area (Å²) in [5, 5.41) is 0. The minimum atomic E-state index is -3.14. The summed E-state index contributed by atoms with van der Waals surface area (Å²) in [6.07, 6.45) is 1.44. The van der Waals surface area contributed by atoms with Crippen LogP contribution in [0.3, 0.4) is 0 Å². The second kappa shape index (κ2) is 6.61. The summed E-state index contributed by atoms with van der Waals surface area (Å²) in [7, 11) is -3.14. The first-order valence-corrected chi connectivity index (χ1v) is 6.32. The van der Waals surface area contributed by atoms with Gasteiger partial charge in [-0.05, 0) is 19.8 Å². The molecule has 0 rings (SSSR count). The molecule has 0 aliphatic heterocycles. The third-order valence-electron chi connectivity index (χ3n) is 2.50. The van der Waals surface area contributed by atoms with Crippen molar-refractivity contribution >= 4 is 22.4 Å². The Hall–Kier alpha value is 0.160. The zero-order valence-corrected chi connectivity index (χ0v) is 10.7. The molecule has 0 aliphatic carbocycles. The summed E-state index contributed by atoms with van der Waals surface area (Å²) in [5.74, 6) is 0.106. The van der Waals surface area contributed by atoms with Gasteiger partial charge in [-0.15, -0.1) is 12.4 Å². The number of sulfonamides is 1. The van der Waals surface area contributed by atoms with Gasteiger partial charge in [-0.3, -0.25) is 0 Å². The van der Waals surface area contributed by atoms with Crippen molar-refractivity contribution in [2.24, 2.45) is 5.73 Å². The van der Waals surface area contributed by atoms with Crippen molar-refractivity contribution in [2.75, 3.05) is 12.3 Å². The van der Waals surface area contributed by atoms with Crippen LogP contribution < -0.4 is 10.5 Å². The van der Waals surface area contributed by atoms with Gasteiger partial charge in [0.05, 0.1) is 5.75 Å². The van der Waals surface area contributed by atoms with Crippen LogP contribution in [-0.4, -0.2) is 26.3 Å². The van der Waals surface area contributed by atoms with Gasteiger partial charge >= 0.3 is 0 Å². The molecule has 0 aromatic carbocycles. The van der Waals surface area contributed by atoms with Crippen molar-refractivity contribution in [3.05, 3.63) is 0 Å². The Balaban J connectivity index is 0. The Bertz CT molecular complexity index is 229. The van der Waals surface area contributed by atoms with E-state index in [9.17, 15) is 8.42 Å². The smallest absolute Gasteiger partial charge is 0.211 e. The number of hydrogen-bond acceptors (Lipinski definition) is 3. The molecule has 88 valence electrons. The molecule has 0 aromatic heterocycles. The van der Waals surface area contributed by atoms with Crippen LogP contribution in [0.2, 0.25) is 0 Å². The lowest BCUT2D eigenvalue weighted by Gasteiger charge is -2.30. The highest BCUT2D eigenvalue weighted by Crippen LogP contribution is 2.14. The second-order valence-corrected chi connectivity index (χ2v) is 5.21. The Morgan fingerprint density at radius 1 is 1.21 bits per heavy atom. The zero-order valence-electron chi connectivity index (χ0n) is 9.04. The van der Waals surface area contributed by atoms with Crippen LogP contribution in [0.15, 0.2) is 0 Å². The predicted molar refractivity (Wildman–Crippen MR) is 62.2 cm³/mol. The molecule has 0 atom stereocenters. The van der Waals surface area contributed by atoms with Crippen molar-refractivity contribution in [3.63, 3.8) is 0 Å². The largest absolute Gasteiger partial charge is 0.329 e. The van der Waals surface area contributed by atoms with Gasteiger partial charge in [0, 0.05) is 12.1 Å². The molecule has 0 saturated heterocycles. The van der Waals surface area contributed by atoms with Crippen molar-refractivity contribution in [3.8, 4) is 0 Å². The summed E-state index contributed by atoms with van der Waals surface area (Å²) >= 11 is 0. The molecule has 0 heterocycles. The molecule has 0 bridgehead atoms. The van der Waals surface area contributed by atoms with Crippen molar-refractivity contribution in [2.45, 2.75) is 39.2 Å². The first-order chi connectivity index (χ1) is 5.95. The SMILES string of the molecule is CCC(CC)(CN)NS(=O)(=O)CC.Cl. The topological polar surface area (TPSA) is 72.2 Å². The van der Waals surface area contributed by atoms with Crippen LogP contribution in [0.4, 0.5) is 0 Å². The molecule has 0 aromatic rings. The monoisotopic (exact) mass is 244 g/mol. The van der Waals surface area contributed by atoms with E-state index >= 15 is 0 Å². The second-order valence-electron chi connectivity index (χ2n) is 3.20. The van der Waals surface area contributed by atoms with E-state index in [1.54, 1.807) is 6.92 Å². The van der Waals surface area contributed by atoms with Gasteiger partial charge in [0.1, 0.15) is 0 Å².